The van der Waals surface area contributed by atoms with Crippen molar-refractivity contribution >= 4 is 31.6 Å². The molecule has 0 atom stereocenters. The molecular formula is C6H7AlNO3PS. The van der Waals surface area contributed by atoms with Crippen LogP contribution >= 0.6 is 17.9 Å². The van der Waals surface area contributed by atoms with Crippen LogP contribution in [0.4, 0.5) is 0 Å². The normalized spacial score (nSPS) is 19.6. The van der Waals surface area contributed by atoms with Gasteiger partial charge in [0.1, 0.15) is 0 Å². The van der Waals surface area contributed by atoms with Gasteiger partial charge in [-0.15, -0.1) is 0 Å². The van der Waals surface area contributed by atoms with Gasteiger partial charge in [-0.05, 0) is 4.90 Å². The Morgan fingerprint density at radius 3 is 2.46 bits per heavy atom. The van der Waals surface area contributed by atoms with Crippen molar-refractivity contribution in [3.05, 3.63) is 30.3 Å². The molecule has 7 heteroatoms. The van der Waals surface area contributed by atoms with Crippen LogP contribution < -0.4 is 5.50 Å². The fraction of sp³-hybridized carbons (Fsp3) is 0. The average Bonchev–Trinajstić information content (AvgIpc) is 2.03. The number of hydrogen-bond acceptors (Lipinski definition) is 4. The third-order valence-corrected chi connectivity index (χ3v) is 8.85. The Kier molecular flexibility index (Phi) is 2.82. The van der Waals surface area contributed by atoms with Crippen molar-refractivity contribution in [2.75, 3.05) is 0 Å². The maximum Gasteiger partial charge on any atom is 0.787 e. The second kappa shape index (κ2) is 3.76. The summed E-state index contributed by atoms with van der Waals surface area (Å²) in [6.07, 6.45) is 0. The first-order valence-electron chi connectivity index (χ1n) is 3.63. The first-order valence-corrected chi connectivity index (χ1v) is 8.48. The van der Waals surface area contributed by atoms with Crippen LogP contribution in [0.3, 0.4) is 0 Å². The van der Waals surface area contributed by atoms with Gasteiger partial charge in [0, 0.05) is 0 Å². The van der Waals surface area contributed by atoms with Gasteiger partial charge < -0.3 is 7.15 Å². The van der Waals surface area contributed by atoms with Crippen LogP contribution in [0.2, 0.25) is 0 Å². The second-order valence-corrected chi connectivity index (χ2v) is 8.38. The number of hydrogen-bond donors (Lipinski definition) is 1. The topological polar surface area (TPSA) is 61.6 Å². The van der Waals surface area contributed by atoms with Gasteiger partial charge >= 0.3 is 21.4 Å². The summed E-state index contributed by atoms with van der Waals surface area (Å²) in [5.74, 6) is 0. The van der Waals surface area contributed by atoms with Crippen LogP contribution in [-0.4, -0.2) is 13.7 Å². The van der Waals surface area contributed by atoms with Gasteiger partial charge in [0.25, 0.3) is 0 Å². The van der Waals surface area contributed by atoms with E-state index in [0.29, 0.717) is 0 Å². The van der Waals surface area contributed by atoms with E-state index >= 15 is 0 Å². The SMILES string of the molecule is NP1(=O)[O][Al]([S]c2ccccc2)[O]1. The molecule has 1 heterocycles. The highest BCUT2D eigenvalue weighted by molar-refractivity contribution is 8.25. The maximum absolute atomic E-state index is 10.8. The van der Waals surface area contributed by atoms with Gasteiger partial charge in [-0.1, -0.05) is 30.3 Å². The van der Waals surface area contributed by atoms with Gasteiger partial charge in [-0.25, -0.2) is 10.1 Å². The summed E-state index contributed by atoms with van der Waals surface area (Å²) >= 11 is -1.82. The Hall–Kier alpha value is 0.212. The lowest BCUT2D eigenvalue weighted by Gasteiger charge is -2.28. The molecule has 2 N–H and O–H groups in total. The van der Waals surface area contributed by atoms with Crippen LogP contribution in [0.5, 0.6) is 0 Å². The molecule has 0 aromatic heterocycles. The number of benzene rings is 1. The highest BCUT2D eigenvalue weighted by Crippen LogP contribution is 2.54. The standard InChI is InChI=1S/C6H6S.Al.H4NO3P/c7-6-4-2-1-3-5-6;;1-5(2,3)4/h1-5,7H;;(H4,1,2,3,4)/q;+3;/p-3. The molecule has 0 unspecified atom stereocenters. The lowest BCUT2D eigenvalue weighted by Crippen LogP contribution is -2.31. The zero-order chi connectivity index (χ0) is 9.31. The van der Waals surface area contributed by atoms with E-state index in [9.17, 15) is 4.57 Å². The molecule has 1 aromatic carbocycles. The van der Waals surface area contributed by atoms with E-state index in [4.69, 9.17) is 12.7 Å². The van der Waals surface area contributed by atoms with Crippen molar-refractivity contribution in [2.24, 2.45) is 5.50 Å². The van der Waals surface area contributed by atoms with Crippen molar-refractivity contribution in [1.29, 1.82) is 0 Å². The molecular weight excluding hydrogens is 224 g/mol. The first-order chi connectivity index (χ1) is 6.16. The van der Waals surface area contributed by atoms with Crippen molar-refractivity contribution in [3.8, 4) is 0 Å². The molecule has 1 saturated heterocycles. The smallest absolute Gasteiger partial charge is 0.390 e. The molecule has 0 spiro atoms. The zero-order valence-electron chi connectivity index (χ0n) is 6.62. The average molecular weight is 231 g/mol. The minimum Gasteiger partial charge on any atom is -0.390 e. The van der Waals surface area contributed by atoms with E-state index in [1.807, 2.05) is 30.3 Å². The van der Waals surface area contributed by atoms with E-state index in [-0.39, 0.29) is 0 Å². The van der Waals surface area contributed by atoms with E-state index in [0.717, 1.165) is 4.90 Å². The lowest BCUT2D eigenvalue weighted by molar-refractivity contribution is 0.297. The van der Waals surface area contributed by atoms with Crippen LogP contribution in [-0.2, 0) is 11.7 Å². The number of rotatable bonds is 2. The van der Waals surface area contributed by atoms with Gasteiger partial charge in [0.2, 0.25) is 0 Å². The fourth-order valence-electron chi connectivity index (χ4n) is 0.901. The van der Waals surface area contributed by atoms with Crippen molar-refractivity contribution in [2.45, 2.75) is 4.90 Å². The Labute approximate surface area is 84.1 Å². The molecule has 0 radical (unpaired) electrons. The molecule has 4 nitrogen and oxygen atoms in total. The molecule has 0 saturated carbocycles. The molecule has 1 aromatic rings. The van der Waals surface area contributed by atoms with Crippen molar-refractivity contribution in [3.63, 3.8) is 0 Å². The van der Waals surface area contributed by atoms with E-state index in [1.165, 1.54) is 10.1 Å². The quantitative estimate of drug-likeness (QED) is 0.622. The second-order valence-electron chi connectivity index (χ2n) is 2.47. The van der Waals surface area contributed by atoms with Crippen LogP contribution in [0.15, 0.2) is 35.2 Å². The summed E-state index contributed by atoms with van der Waals surface area (Å²) < 4.78 is 20.7. The summed E-state index contributed by atoms with van der Waals surface area (Å²) in [5, 5.41) is 0. The molecule has 1 aliphatic heterocycles. The third kappa shape index (κ3) is 2.58. The molecule has 0 aliphatic carbocycles. The van der Waals surface area contributed by atoms with Crippen molar-refractivity contribution < 1.29 is 11.7 Å². The molecule has 13 heavy (non-hydrogen) atoms. The van der Waals surface area contributed by atoms with E-state index in [2.05, 4.69) is 0 Å². The highest BCUT2D eigenvalue weighted by atomic mass is 32.3. The van der Waals surface area contributed by atoms with Crippen molar-refractivity contribution in [1.82, 2.24) is 0 Å². The predicted octanol–water partition coefficient (Wildman–Crippen LogP) is 1.88. The van der Waals surface area contributed by atoms with Gasteiger partial charge in [0.15, 0.2) is 0 Å². The van der Waals surface area contributed by atoms with Gasteiger partial charge in [-0.2, -0.15) is 10.1 Å². The Bertz CT molecular complexity index is 339. The van der Waals surface area contributed by atoms with Crippen LogP contribution in [0.1, 0.15) is 0 Å². The minimum absolute atomic E-state index is 1.05. The summed E-state index contributed by atoms with van der Waals surface area (Å²) in [6, 6.07) is 9.69. The highest BCUT2D eigenvalue weighted by Gasteiger charge is 2.49. The van der Waals surface area contributed by atoms with E-state index < -0.39 is 21.4 Å². The summed E-state index contributed by atoms with van der Waals surface area (Å²) in [7, 11) is -1.64. The first kappa shape index (κ1) is 9.76. The summed E-state index contributed by atoms with van der Waals surface area (Å²) in [6.45, 7) is 0. The summed E-state index contributed by atoms with van der Waals surface area (Å²) in [4.78, 5) is 1.05. The Balaban J connectivity index is 1.92. The minimum atomic E-state index is -3.12. The predicted molar refractivity (Wildman–Crippen MR) is 52.0 cm³/mol. The Morgan fingerprint density at radius 1 is 1.31 bits per heavy atom. The van der Waals surface area contributed by atoms with Gasteiger partial charge in [0.05, 0.1) is 0 Å². The molecule has 0 bridgehead atoms. The molecule has 68 valence electrons. The largest absolute Gasteiger partial charge is 0.787 e. The molecule has 2 rings (SSSR count). The maximum atomic E-state index is 10.8. The molecule has 1 fully saturated rings. The molecule has 1 aliphatic rings. The zero-order valence-corrected chi connectivity index (χ0v) is 9.49. The lowest BCUT2D eigenvalue weighted by atomic mass is 10.4. The van der Waals surface area contributed by atoms with Crippen LogP contribution in [0.25, 0.3) is 0 Å². The fourth-order valence-corrected chi connectivity index (χ4v) is 7.84. The summed E-state index contributed by atoms with van der Waals surface area (Å²) in [5.41, 5.74) is 5.10. The Morgan fingerprint density at radius 2 is 1.92 bits per heavy atom. The monoisotopic (exact) mass is 231 g/mol. The van der Waals surface area contributed by atoms with Crippen LogP contribution in [0, 0.1) is 0 Å². The third-order valence-electron chi connectivity index (χ3n) is 1.44. The number of nitrogens with two attached hydrogens (primary N) is 1. The molecule has 0 amide bonds. The van der Waals surface area contributed by atoms with E-state index in [1.54, 1.807) is 0 Å². The van der Waals surface area contributed by atoms with Gasteiger partial charge in [-0.3, -0.25) is 0 Å².